The highest BCUT2D eigenvalue weighted by molar-refractivity contribution is 7.99. The van der Waals surface area contributed by atoms with Gasteiger partial charge in [-0.1, -0.05) is 0 Å². The molecular weight excluding hydrogens is 260 g/mol. The van der Waals surface area contributed by atoms with Gasteiger partial charge in [-0.3, -0.25) is 10.1 Å². The summed E-state index contributed by atoms with van der Waals surface area (Å²) in [5.74, 6) is 1.69. The third-order valence-electron chi connectivity index (χ3n) is 3.37. The number of carbonyl (C=O) groups is 1. The Hall–Kier alpha value is -0.270. The number of carbonyl (C=O) groups excluding carboxylic acids is 1. The van der Waals surface area contributed by atoms with Gasteiger partial charge < -0.3 is 4.90 Å². The summed E-state index contributed by atoms with van der Waals surface area (Å²) >= 11 is 1.70. The molecule has 0 saturated carbocycles. The summed E-state index contributed by atoms with van der Waals surface area (Å²) in [6.45, 7) is 4.02. The van der Waals surface area contributed by atoms with E-state index in [1.54, 1.807) is 30.5 Å². The van der Waals surface area contributed by atoms with Crippen LogP contribution in [0.25, 0.3) is 0 Å². The van der Waals surface area contributed by atoms with E-state index in [0.717, 1.165) is 11.6 Å². The van der Waals surface area contributed by atoms with Gasteiger partial charge in [-0.15, -0.1) is 11.8 Å². The van der Waals surface area contributed by atoms with Gasteiger partial charge in [0.25, 0.3) is 0 Å². The van der Waals surface area contributed by atoms with Crippen molar-refractivity contribution in [2.75, 3.05) is 30.5 Å². The number of hydrogen-bond donors (Lipinski definition) is 1. The standard InChI is InChI=1S/C10H18N2O3S2/c1-10(2)6-12(3-4-17(10,14)15)9(13)8-5-16-7-11-8/h8,11H,3-7H2,1-2H3. The van der Waals surface area contributed by atoms with E-state index in [2.05, 4.69) is 5.32 Å². The van der Waals surface area contributed by atoms with Crippen molar-refractivity contribution in [1.82, 2.24) is 10.2 Å². The number of sulfone groups is 1. The quantitative estimate of drug-likeness (QED) is 0.712. The third-order valence-corrected chi connectivity index (χ3v) is 6.84. The second-order valence-electron chi connectivity index (χ2n) is 5.11. The first kappa shape index (κ1) is 13.2. The maximum absolute atomic E-state index is 12.2. The van der Waals surface area contributed by atoms with Crippen molar-refractivity contribution >= 4 is 27.5 Å². The van der Waals surface area contributed by atoms with Crippen LogP contribution in [0, 0.1) is 0 Å². The molecule has 0 bridgehead atoms. The Morgan fingerprint density at radius 1 is 1.47 bits per heavy atom. The van der Waals surface area contributed by atoms with Gasteiger partial charge in [-0.2, -0.15) is 0 Å². The van der Waals surface area contributed by atoms with Crippen LogP contribution >= 0.6 is 11.8 Å². The molecule has 0 spiro atoms. The lowest BCUT2D eigenvalue weighted by molar-refractivity contribution is -0.133. The highest BCUT2D eigenvalue weighted by Gasteiger charge is 2.42. The van der Waals surface area contributed by atoms with E-state index in [4.69, 9.17) is 0 Å². The highest BCUT2D eigenvalue weighted by Crippen LogP contribution is 2.25. The first-order valence-electron chi connectivity index (χ1n) is 5.66. The van der Waals surface area contributed by atoms with Crippen LogP contribution in [0.1, 0.15) is 13.8 Å². The lowest BCUT2D eigenvalue weighted by Gasteiger charge is -2.38. The molecule has 1 unspecified atom stereocenters. The molecule has 7 heteroatoms. The Labute approximate surface area is 106 Å². The van der Waals surface area contributed by atoms with Gasteiger partial charge in [0.2, 0.25) is 5.91 Å². The molecule has 0 aromatic rings. The van der Waals surface area contributed by atoms with Crippen molar-refractivity contribution in [2.45, 2.75) is 24.6 Å². The molecule has 0 aromatic heterocycles. The molecule has 1 N–H and O–H groups in total. The molecule has 17 heavy (non-hydrogen) atoms. The lowest BCUT2D eigenvalue weighted by Crippen LogP contribution is -2.57. The maximum atomic E-state index is 12.2. The fourth-order valence-corrected chi connectivity index (χ4v) is 4.40. The van der Waals surface area contributed by atoms with E-state index in [0.29, 0.717) is 13.1 Å². The van der Waals surface area contributed by atoms with Crippen LogP contribution in [0.2, 0.25) is 0 Å². The summed E-state index contributed by atoms with van der Waals surface area (Å²) in [6, 6.07) is -0.142. The van der Waals surface area contributed by atoms with E-state index < -0.39 is 14.6 Å². The number of nitrogens with one attached hydrogen (secondary N) is 1. The Morgan fingerprint density at radius 2 is 2.18 bits per heavy atom. The van der Waals surface area contributed by atoms with Crippen LogP contribution in [0.3, 0.4) is 0 Å². The molecule has 2 fully saturated rings. The third kappa shape index (κ3) is 2.46. The van der Waals surface area contributed by atoms with Crippen LogP contribution in [-0.4, -0.2) is 60.5 Å². The fraction of sp³-hybridized carbons (Fsp3) is 0.900. The summed E-state index contributed by atoms with van der Waals surface area (Å²) in [6.07, 6.45) is 0. The molecule has 1 atom stereocenters. The number of thioether (sulfide) groups is 1. The summed E-state index contributed by atoms with van der Waals surface area (Å²) < 4.78 is 22.8. The molecule has 0 aromatic carbocycles. The second-order valence-corrected chi connectivity index (χ2v) is 8.88. The van der Waals surface area contributed by atoms with E-state index in [1.165, 1.54) is 0 Å². The van der Waals surface area contributed by atoms with E-state index in [1.807, 2.05) is 0 Å². The maximum Gasteiger partial charge on any atom is 0.240 e. The lowest BCUT2D eigenvalue weighted by atomic mass is 10.1. The fourth-order valence-electron chi connectivity index (χ4n) is 2.11. The average molecular weight is 278 g/mol. The van der Waals surface area contributed by atoms with Gasteiger partial charge in [0.1, 0.15) is 0 Å². The van der Waals surface area contributed by atoms with Crippen molar-refractivity contribution in [3.8, 4) is 0 Å². The smallest absolute Gasteiger partial charge is 0.240 e. The Kier molecular flexibility index (Phi) is 3.44. The zero-order chi connectivity index (χ0) is 12.7. The van der Waals surface area contributed by atoms with Crippen LogP contribution in [0.5, 0.6) is 0 Å². The van der Waals surface area contributed by atoms with Crippen molar-refractivity contribution in [1.29, 1.82) is 0 Å². The van der Waals surface area contributed by atoms with Crippen molar-refractivity contribution in [2.24, 2.45) is 0 Å². The average Bonchev–Trinajstić information content (AvgIpc) is 2.74. The second kappa shape index (κ2) is 4.44. The van der Waals surface area contributed by atoms with Gasteiger partial charge in [0, 0.05) is 24.7 Å². The largest absolute Gasteiger partial charge is 0.339 e. The SMILES string of the molecule is CC1(C)CN(C(=O)C2CSCN2)CCS1(=O)=O. The normalized spacial score (nSPS) is 31.4. The van der Waals surface area contributed by atoms with E-state index in [9.17, 15) is 13.2 Å². The zero-order valence-electron chi connectivity index (χ0n) is 10.1. The molecule has 0 aliphatic carbocycles. The van der Waals surface area contributed by atoms with Gasteiger partial charge >= 0.3 is 0 Å². The van der Waals surface area contributed by atoms with E-state index in [-0.39, 0.29) is 17.7 Å². The molecular formula is C10H18N2O3S2. The van der Waals surface area contributed by atoms with Gasteiger partial charge in [-0.25, -0.2) is 8.42 Å². The summed E-state index contributed by atoms with van der Waals surface area (Å²) in [7, 11) is -3.07. The Bertz CT molecular complexity index is 413. The topological polar surface area (TPSA) is 66.5 Å². The molecule has 2 aliphatic heterocycles. The molecule has 1 amide bonds. The molecule has 2 rings (SSSR count). The minimum absolute atomic E-state index is 0.0398. The predicted octanol–water partition coefficient (Wildman–Crippen LogP) is -0.315. The number of amides is 1. The predicted molar refractivity (Wildman–Crippen MR) is 68.7 cm³/mol. The van der Waals surface area contributed by atoms with Crippen molar-refractivity contribution in [3.63, 3.8) is 0 Å². The monoisotopic (exact) mass is 278 g/mol. The molecule has 98 valence electrons. The summed E-state index contributed by atoms with van der Waals surface area (Å²) in [5.41, 5.74) is 0. The van der Waals surface area contributed by atoms with Crippen molar-refractivity contribution < 1.29 is 13.2 Å². The molecule has 2 saturated heterocycles. The van der Waals surface area contributed by atoms with Gasteiger partial charge in [0.05, 0.1) is 16.5 Å². The van der Waals surface area contributed by atoms with Gasteiger partial charge in [-0.05, 0) is 13.8 Å². The molecule has 0 radical (unpaired) electrons. The zero-order valence-corrected chi connectivity index (χ0v) is 11.7. The molecule has 2 aliphatic rings. The van der Waals surface area contributed by atoms with Gasteiger partial charge in [0.15, 0.2) is 9.84 Å². The van der Waals surface area contributed by atoms with Crippen LogP contribution in [-0.2, 0) is 14.6 Å². The minimum Gasteiger partial charge on any atom is -0.339 e. The van der Waals surface area contributed by atoms with Crippen LogP contribution < -0.4 is 5.32 Å². The Balaban J connectivity index is 2.07. The first-order valence-corrected chi connectivity index (χ1v) is 8.46. The van der Waals surface area contributed by atoms with Crippen LogP contribution in [0.4, 0.5) is 0 Å². The van der Waals surface area contributed by atoms with Crippen LogP contribution in [0.15, 0.2) is 0 Å². The Morgan fingerprint density at radius 3 is 2.71 bits per heavy atom. The number of nitrogens with zero attached hydrogens (tertiary/aromatic N) is 1. The summed E-state index contributed by atoms with van der Waals surface area (Å²) in [5, 5.41) is 3.12. The summed E-state index contributed by atoms with van der Waals surface area (Å²) in [4.78, 5) is 13.8. The number of rotatable bonds is 1. The number of hydrogen-bond acceptors (Lipinski definition) is 5. The van der Waals surface area contributed by atoms with Crippen molar-refractivity contribution in [3.05, 3.63) is 0 Å². The molecule has 2 heterocycles. The molecule has 5 nitrogen and oxygen atoms in total. The minimum atomic E-state index is -3.07. The first-order chi connectivity index (χ1) is 7.83. The van der Waals surface area contributed by atoms with E-state index >= 15 is 0 Å². The highest BCUT2D eigenvalue weighted by atomic mass is 32.2.